The zero-order chi connectivity index (χ0) is 21.6. The molecule has 0 bridgehead atoms. The molecule has 0 aliphatic rings. The number of hydrogen-bond donors (Lipinski definition) is 1. The molecule has 158 valence electrons. The van der Waals surface area contributed by atoms with E-state index in [0.29, 0.717) is 12.1 Å². The Morgan fingerprint density at radius 2 is 1.79 bits per heavy atom. The molecule has 1 atom stereocenters. The van der Waals surface area contributed by atoms with Gasteiger partial charge in [0.15, 0.2) is 0 Å². The molecule has 6 nitrogen and oxygen atoms in total. The molecule has 0 heterocycles. The summed E-state index contributed by atoms with van der Waals surface area (Å²) in [4.78, 5) is 12.9. The molecule has 1 N–H and O–H groups in total. The van der Waals surface area contributed by atoms with Gasteiger partial charge in [0.25, 0.3) is 0 Å². The standard InChI is InChI=1S/C22H30N2O4S/c1-6-21(24(29(5,26)27)19-12-10-17(4)11-13-19)22(25)23-15-18-8-7-9-20(14-18)28-16(2)3/h7-14,16,21H,6,15H2,1-5H3,(H,23,25)/t21-/m0/s1. The van der Waals surface area contributed by atoms with Gasteiger partial charge >= 0.3 is 0 Å². The summed E-state index contributed by atoms with van der Waals surface area (Å²) in [6, 6.07) is 13.8. The highest BCUT2D eigenvalue weighted by Crippen LogP contribution is 2.23. The number of hydrogen-bond acceptors (Lipinski definition) is 4. The van der Waals surface area contributed by atoms with Crippen molar-refractivity contribution in [1.82, 2.24) is 5.32 Å². The molecular formula is C22H30N2O4S. The van der Waals surface area contributed by atoms with E-state index in [4.69, 9.17) is 4.74 Å². The van der Waals surface area contributed by atoms with Gasteiger partial charge in [-0.05, 0) is 57.0 Å². The van der Waals surface area contributed by atoms with Crippen LogP contribution in [0.3, 0.4) is 0 Å². The molecule has 0 unspecified atom stereocenters. The molecule has 0 aliphatic heterocycles. The zero-order valence-electron chi connectivity index (χ0n) is 17.7. The van der Waals surface area contributed by atoms with Gasteiger partial charge in [0.05, 0.1) is 18.0 Å². The number of benzene rings is 2. The van der Waals surface area contributed by atoms with E-state index in [-0.39, 0.29) is 18.6 Å². The monoisotopic (exact) mass is 418 g/mol. The zero-order valence-corrected chi connectivity index (χ0v) is 18.5. The van der Waals surface area contributed by atoms with Crippen molar-refractivity contribution in [3.8, 4) is 5.75 Å². The fourth-order valence-corrected chi connectivity index (χ4v) is 4.27. The van der Waals surface area contributed by atoms with Gasteiger partial charge < -0.3 is 10.1 Å². The molecule has 2 aromatic carbocycles. The third-order valence-electron chi connectivity index (χ3n) is 4.36. The fourth-order valence-electron chi connectivity index (χ4n) is 3.06. The molecule has 0 fully saturated rings. The van der Waals surface area contributed by atoms with Crippen LogP contribution in [-0.4, -0.2) is 32.7 Å². The van der Waals surface area contributed by atoms with Crippen molar-refractivity contribution in [2.75, 3.05) is 10.6 Å². The summed E-state index contributed by atoms with van der Waals surface area (Å²) in [5.41, 5.74) is 2.38. The topological polar surface area (TPSA) is 75.7 Å². The van der Waals surface area contributed by atoms with Crippen LogP contribution in [0.25, 0.3) is 0 Å². The molecule has 0 saturated carbocycles. The van der Waals surface area contributed by atoms with Crippen LogP contribution in [0.4, 0.5) is 5.69 Å². The first-order valence-electron chi connectivity index (χ1n) is 9.71. The fraction of sp³-hybridized carbons (Fsp3) is 0.409. The summed E-state index contributed by atoms with van der Waals surface area (Å²) < 4.78 is 31.8. The molecule has 0 aromatic heterocycles. The lowest BCUT2D eigenvalue weighted by Gasteiger charge is -2.30. The number of anilines is 1. The number of aryl methyl sites for hydroxylation is 1. The largest absolute Gasteiger partial charge is 0.491 e. The molecule has 1 amide bonds. The first kappa shape index (κ1) is 22.7. The number of nitrogens with zero attached hydrogens (tertiary/aromatic N) is 1. The minimum atomic E-state index is -3.64. The second-order valence-electron chi connectivity index (χ2n) is 7.35. The van der Waals surface area contributed by atoms with E-state index in [1.54, 1.807) is 19.1 Å². The van der Waals surface area contributed by atoms with Gasteiger partial charge in [-0.1, -0.05) is 36.8 Å². The molecule has 0 radical (unpaired) electrons. The van der Waals surface area contributed by atoms with Crippen LogP contribution in [0.2, 0.25) is 0 Å². The van der Waals surface area contributed by atoms with Crippen molar-refractivity contribution in [3.63, 3.8) is 0 Å². The maximum Gasteiger partial charge on any atom is 0.244 e. The van der Waals surface area contributed by atoms with Crippen molar-refractivity contribution in [3.05, 3.63) is 59.7 Å². The molecule has 0 saturated heterocycles. The van der Waals surface area contributed by atoms with E-state index in [1.165, 1.54) is 4.31 Å². The third-order valence-corrected chi connectivity index (χ3v) is 5.54. The predicted octanol–water partition coefficient (Wildman–Crippen LogP) is 3.64. The number of carbonyl (C=O) groups excluding carboxylic acids is 1. The van der Waals surface area contributed by atoms with Crippen molar-refractivity contribution in [2.45, 2.75) is 52.8 Å². The number of sulfonamides is 1. The average Bonchev–Trinajstić information content (AvgIpc) is 2.64. The van der Waals surface area contributed by atoms with Crippen LogP contribution in [0, 0.1) is 6.92 Å². The lowest BCUT2D eigenvalue weighted by Crippen LogP contribution is -2.49. The number of carbonyl (C=O) groups is 1. The van der Waals surface area contributed by atoms with Crippen LogP contribution in [-0.2, 0) is 21.4 Å². The van der Waals surface area contributed by atoms with Crippen LogP contribution in [0.1, 0.15) is 38.3 Å². The third kappa shape index (κ3) is 6.49. The molecule has 29 heavy (non-hydrogen) atoms. The van der Waals surface area contributed by atoms with E-state index in [2.05, 4.69) is 5.32 Å². The van der Waals surface area contributed by atoms with Crippen molar-refractivity contribution >= 4 is 21.6 Å². The second-order valence-corrected chi connectivity index (χ2v) is 9.21. The smallest absolute Gasteiger partial charge is 0.244 e. The molecular weight excluding hydrogens is 388 g/mol. The van der Waals surface area contributed by atoms with Gasteiger partial charge in [-0.25, -0.2) is 8.42 Å². The Labute approximate surface area is 173 Å². The van der Waals surface area contributed by atoms with Crippen LogP contribution in [0.15, 0.2) is 48.5 Å². The van der Waals surface area contributed by atoms with Gasteiger partial charge in [0, 0.05) is 6.54 Å². The second kappa shape index (κ2) is 9.78. The lowest BCUT2D eigenvalue weighted by atomic mass is 10.1. The first-order chi connectivity index (χ1) is 13.6. The molecule has 0 spiro atoms. The molecule has 0 aliphatic carbocycles. The van der Waals surface area contributed by atoms with Gasteiger partial charge in [0.1, 0.15) is 11.8 Å². The normalized spacial score (nSPS) is 12.5. The maximum atomic E-state index is 12.9. The number of ether oxygens (including phenoxy) is 1. The van der Waals surface area contributed by atoms with E-state index in [9.17, 15) is 13.2 Å². The van der Waals surface area contributed by atoms with Gasteiger partial charge in [-0.2, -0.15) is 0 Å². The van der Waals surface area contributed by atoms with Gasteiger partial charge in [0.2, 0.25) is 15.9 Å². The maximum absolute atomic E-state index is 12.9. The summed E-state index contributed by atoms with van der Waals surface area (Å²) in [6.07, 6.45) is 1.53. The molecule has 2 aromatic rings. The summed E-state index contributed by atoms with van der Waals surface area (Å²) in [5, 5.41) is 2.86. The average molecular weight is 419 g/mol. The highest BCUT2D eigenvalue weighted by Gasteiger charge is 2.31. The van der Waals surface area contributed by atoms with Crippen molar-refractivity contribution in [1.29, 1.82) is 0 Å². The van der Waals surface area contributed by atoms with Crippen molar-refractivity contribution < 1.29 is 17.9 Å². The summed E-state index contributed by atoms with van der Waals surface area (Å²) in [5.74, 6) is 0.393. The highest BCUT2D eigenvalue weighted by molar-refractivity contribution is 7.92. The Hall–Kier alpha value is -2.54. The predicted molar refractivity (Wildman–Crippen MR) is 117 cm³/mol. The minimum absolute atomic E-state index is 0.0575. The highest BCUT2D eigenvalue weighted by atomic mass is 32.2. The Bertz CT molecular complexity index is 924. The van der Waals surface area contributed by atoms with Crippen molar-refractivity contribution in [2.24, 2.45) is 0 Å². The first-order valence-corrected chi connectivity index (χ1v) is 11.6. The summed E-state index contributed by atoms with van der Waals surface area (Å²) in [6.45, 7) is 7.91. The molecule has 7 heteroatoms. The Morgan fingerprint density at radius 1 is 1.14 bits per heavy atom. The van der Waals surface area contributed by atoms with Crippen LogP contribution < -0.4 is 14.4 Å². The number of amides is 1. The molecule has 2 rings (SSSR count). The van der Waals surface area contributed by atoms with Gasteiger partial charge in [-0.15, -0.1) is 0 Å². The number of rotatable bonds is 9. The number of nitrogens with one attached hydrogen (secondary N) is 1. The van der Waals surface area contributed by atoms with E-state index in [1.807, 2.05) is 57.2 Å². The van der Waals surface area contributed by atoms with Gasteiger partial charge in [-0.3, -0.25) is 9.10 Å². The Morgan fingerprint density at radius 3 is 2.34 bits per heavy atom. The summed E-state index contributed by atoms with van der Waals surface area (Å²) in [7, 11) is -3.64. The van der Waals surface area contributed by atoms with E-state index < -0.39 is 16.1 Å². The van der Waals surface area contributed by atoms with E-state index in [0.717, 1.165) is 23.1 Å². The van der Waals surface area contributed by atoms with Crippen LogP contribution >= 0.6 is 0 Å². The van der Waals surface area contributed by atoms with E-state index >= 15 is 0 Å². The van der Waals surface area contributed by atoms with Crippen LogP contribution in [0.5, 0.6) is 5.75 Å². The minimum Gasteiger partial charge on any atom is -0.491 e. The SMILES string of the molecule is CC[C@@H](C(=O)NCc1cccc(OC(C)C)c1)N(c1ccc(C)cc1)S(C)(=O)=O. The Kier molecular flexibility index (Phi) is 7.67. The Balaban J connectivity index is 2.18. The summed E-state index contributed by atoms with van der Waals surface area (Å²) >= 11 is 0. The quantitative estimate of drug-likeness (QED) is 0.675. The lowest BCUT2D eigenvalue weighted by molar-refractivity contribution is -0.122.